The number of carboxylic acid groups (broad SMARTS) is 1. The molecule has 0 spiro atoms. The SMILES string of the molecule is CCN1C(C(=O)O)c2cccc(-c3ccc(Cl)cc3Cl)c2N1C(N)=O. The first-order chi connectivity index (χ1) is 11.9. The van der Waals surface area contributed by atoms with Crippen LogP contribution >= 0.6 is 23.2 Å². The minimum Gasteiger partial charge on any atom is -0.480 e. The lowest BCUT2D eigenvalue weighted by molar-refractivity contribution is -0.143. The van der Waals surface area contributed by atoms with E-state index < -0.39 is 18.0 Å². The van der Waals surface area contributed by atoms with E-state index in [4.69, 9.17) is 28.9 Å². The summed E-state index contributed by atoms with van der Waals surface area (Å²) >= 11 is 12.3. The van der Waals surface area contributed by atoms with Gasteiger partial charge in [0.2, 0.25) is 0 Å². The standard InChI is InChI=1S/C17H15Cl2N3O3/c1-2-21-15(16(23)24)12-5-3-4-11(14(12)22(21)17(20)25)10-7-6-9(18)8-13(10)19/h3-8,15H,2H2,1H3,(H2,20,25)(H,23,24). The molecule has 1 atom stereocenters. The van der Waals surface area contributed by atoms with Crippen molar-refractivity contribution in [1.29, 1.82) is 0 Å². The number of halogens is 2. The number of para-hydroxylation sites is 1. The highest BCUT2D eigenvalue weighted by molar-refractivity contribution is 6.36. The molecule has 0 aromatic heterocycles. The van der Waals surface area contributed by atoms with Crippen LogP contribution in [0.1, 0.15) is 18.5 Å². The number of likely N-dealkylation sites (N-methyl/N-ethyl adjacent to an activating group) is 1. The summed E-state index contributed by atoms with van der Waals surface area (Å²) in [6.07, 6.45) is 0. The fourth-order valence-electron chi connectivity index (χ4n) is 3.17. The number of carbonyl (C=O) groups is 2. The summed E-state index contributed by atoms with van der Waals surface area (Å²) in [7, 11) is 0. The van der Waals surface area contributed by atoms with Gasteiger partial charge in [-0.05, 0) is 12.1 Å². The fraction of sp³-hybridized carbons (Fsp3) is 0.176. The summed E-state index contributed by atoms with van der Waals surface area (Å²) in [6, 6.07) is 8.40. The van der Waals surface area contributed by atoms with Gasteiger partial charge in [0.05, 0.1) is 5.69 Å². The predicted molar refractivity (Wildman–Crippen MR) is 96.7 cm³/mol. The Bertz CT molecular complexity index is 872. The van der Waals surface area contributed by atoms with Crippen LogP contribution < -0.4 is 10.7 Å². The number of amides is 2. The van der Waals surface area contributed by atoms with E-state index in [0.29, 0.717) is 39.0 Å². The molecule has 6 nitrogen and oxygen atoms in total. The number of urea groups is 1. The molecule has 0 saturated carbocycles. The number of anilines is 1. The van der Waals surface area contributed by atoms with E-state index in [1.165, 1.54) is 10.0 Å². The zero-order valence-electron chi connectivity index (χ0n) is 13.2. The van der Waals surface area contributed by atoms with Crippen LogP contribution in [0.5, 0.6) is 0 Å². The molecule has 0 aliphatic carbocycles. The molecule has 3 rings (SSSR count). The number of hydrogen-bond acceptors (Lipinski definition) is 3. The van der Waals surface area contributed by atoms with E-state index in [1.807, 2.05) is 0 Å². The Balaban J connectivity index is 2.30. The number of hydrazine groups is 1. The lowest BCUT2D eigenvalue weighted by Gasteiger charge is -2.29. The van der Waals surface area contributed by atoms with Crippen molar-refractivity contribution >= 4 is 40.9 Å². The van der Waals surface area contributed by atoms with Gasteiger partial charge in [-0.15, -0.1) is 0 Å². The van der Waals surface area contributed by atoms with E-state index >= 15 is 0 Å². The number of benzene rings is 2. The molecule has 3 N–H and O–H groups in total. The smallest absolute Gasteiger partial charge is 0.334 e. The molecular weight excluding hydrogens is 365 g/mol. The topological polar surface area (TPSA) is 86.9 Å². The molecule has 130 valence electrons. The highest BCUT2D eigenvalue weighted by atomic mass is 35.5. The Morgan fingerprint density at radius 2 is 1.92 bits per heavy atom. The Morgan fingerprint density at radius 3 is 2.48 bits per heavy atom. The number of nitrogens with two attached hydrogens (primary N) is 1. The molecule has 1 aliphatic heterocycles. The van der Waals surface area contributed by atoms with Crippen LogP contribution in [0.25, 0.3) is 11.1 Å². The van der Waals surface area contributed by atoms with Crippen LogP contribution in [0.3, 0.4) is 0 Å². The first kappa shape index (κ1) is 17.5. The number of rotatable bonds is 3. The number of carboxylic acids is 1. The first-order valence-electron chi connectivity index (χ1n) is 7.54. The lowest BCUT2D eigenvalue weighted by atomic mass is 9.97. The van der Waals surface area contributed by atoms with Crippen molar-refractivity contribution in [2.24, 2.45) is 5.73 Å². The Labute approximate surface area is 154 Å². The van der Waals surface area contributed by atoms with Gasteiger partial charge in [0.15, 0.2) is 6.04 Å². The molecule has 1 unspecified atom stereocenters. The average Bonchev–Trinajstić information content (AvgIpc) is 2.89. The third-order valence-electron chi connectivity index (χ3n) is 4.12. The van der Waals surface area contributed by atoms with Crippen molar-refractivity contribution < 1.29 is 14.7 Å². The van der Waals surface area contributed by atoms with Crippen molar-refractivity contribution in [3.8, 4) is 11.1 Å². The second kappa shape index (κ2) is 6.55. The van der Waals surface area contributed by atoms with Gasteiger partial charge in [0, 0.05) is 33.3 Å². The van der Waals surface area contributed by atoms with E-state index in [9.17, 15) is 14.7 Å². The van der Waals surface area contributed by atoms with Crippen molar-refractivity contribution in [2.45, 2.75) is 13.0 Å². The summed E-state index contributed by atoms with van der Waals surface area (Å²) in [4.78, 5) is 23.9. The molecule has 1 aliphatic rings. The normalized spacial score (nSPS) is 16.8. The fourth-order valence-corrected chi connectivity index (χ4v) is 3.68. The third kappa shape index (κ3) is 2.82. The van der Waals surface area contributed by atoms with E-state index in [2.05, 4.69) is 0 Å². The molecular formula is C17H15Cl2N3O3. The van der Waals surface area contributed by atoms with Crippen molar-refractivity contribution in [3.05, 3.63) is 52.0 Å². The van der Waals surface area contributed by atoms with Gasteiger partial charge in [-0.1, -0.05) is 54.4 Å². The summed E-state index contributed by atoms with van der Waals surface area (Å²) in [6.45, 7) is 2.05. The van der Waals surface area contributed by atoms with Crippen molar-refractivity contribution in [1.82, 2.24) is 5.01 Å². The zero-order valence-corrected chi connectivity index (χ0v) is 14.8. The molecule has 0 bridgehead atoms. The van der Waals surface area contributed by atoms with Crippen LogP contribution in [0.4, 0.5) is 10.5 Å². The number of nitrogens with zero attached hydrogens (tertiary/aromatic N) is 2. The minimum atomic E-state index is -1.06. The highest BCUT2D eigenvalue weighted by Crippen LogP contribution is 2.47. The number of carbonyl (C=O) groups excluding carboxylic acids is 1. The van der Waals surface area contributed by atoms with Crippen LogP contribution in [0, 0.1) is 0 Å². The maximum Gasteiger partial charge on any atom is 0.334 e. The van der Waals surface area contributed by atoms with E-state index in [1.54, 1.807) is 43.3 Å². The monoisotopic (exact) mass is 379 g/mol. The summed E-state index contributed by atoms with van der Waals surface area (Å²) < 4.78 is 0. The van der Waals surface area contributed by atoms with Crippen LogP contribution in [-0.2, 0) is 4.79 Å². The summed E-state index contributed by atoms with van der Waals surface area (Å²) in [5, 5.41) is 13.1. The molecule has 0 fully saturated rings. The quantitative estimate of drug-likeness (QED) is 0.845. The Morgan fingerprint density at radius 1 is 1.20 bits per heavy atom. The maximum absolute atomic E-state index is 12.1. The van der Waals surface area contributed by atoms with Crippen LogP contribution in [-0.4, -0.2) is 28.7 Å². The van der Waals surface area contributed by atoms with E-state index in [-0.39, 0.29) is 0 Å². The van der Waals surface area contributed by atoms with Crippen molar-refractivity contribution in [3.63, 3.8) is 0 Å². The van der Waals surface area contributed by atoms with Gasteiger partial charge < -0.3 is 10.8 Å². The number of primary amides is 1. The van der Waals surface area contributed by atoms with Gasteiger partial charge in [-0.3, -0.25) is 4.79 Å². The number of fused-ring (bicyclic) bond motifs is 1. The Kier molecular flexibility index (Phi) is 4.60. The van der Waals surface area contributed by atoms with Crippen molar-refractivity contribution in [2.75, 3.05) is 11.6 Å². The maximum atomic E-state index is 12.1. The second-order valence-electron chi connectivity index (χ2n) is 5.51. The van der Waals surface area contributed by atoms with Crippen LogP contribution in [0.2, 0.25) is 10.0 Å². The molecule has 2 amide bonds. The molecule has 1 heterocycles. The van der Waals surface area contributed by atoms with Gasteiger partial charge in [-0.25, -0.2) is 9.80 Å². The number of hydrogen-bond donors (Lipinski definition) is 2. The average molecular weight is 380 g/mol. The van der Waals surface area contributed by atoms with Gasteiger partial charge in [-0.2, -0.15) is 5.01 Å². The molecule has 0 radical (unpaired) electrons. The second-order valence-corrected chi connectivity index (χ2v) is 6.36. The summed E-state index contributed by atoms with van der Waals surface area (Å²) in [5.74, 6) is -1.06. The highest BCUT2D eigenvalue weighted by Gasteiger charge is 2.44. The van der Waals surface area contributed by atoms with Crippen LogP contribution in [0.15, 0.2) is 36.4 Å². The molecule has 0 saturated heterocycles. The lowest BCUT2D eigenvalue weighted by Crippen LogP contribution is -2.48. The van der Waals surface area contributed by atoms with Gasteiger partial charge >= 0.3 is 12.0 Å². The molecule has 2 aromatic rings. The minimum absolute atomic E-state index is 0.294. The Hall–Kier alpha value is -2.28. The zero-order chi connectivity index (χ0) is 18.3. The van der Waals surface area contributed by atoms with Gasteiger partial charge in [0.25, 0.3) is 0 Å². The molecule has 2 aromatic carbocycles. The third-order valence-corrected chi connectivity index (χ3v) is 4.66. The first-order valence-corrected chi connectivity index (χ1v) is 8.29. The summed E-state index contributed by atoms with van der Waals surface area (Å²) in [5.41, 5.74) is 7.70. The predicted octanol–water partition coefficient (Wildman–Crippen LogP) is 3.92. The molecule has 25 heavy (non-hydrogen) atoms. The number of aliphatic carboxylic acids is 1. The molecule has 8 heteroatoms. The van der Waals surface area contributed by atoms with E-state index in [0.717, 1.165) is 0 Å². The largest absolute Gasteiger partial charge is 0.480 e. The van der Waals surface area contributed by atoms with Gasteiger partial charge in [0.1, 0.15) is 0 Å².